The molecule has 5 aliphatic rings. The van der Waals surface area contributed by atoms with Crippen LogP contribution in [0.25, 0.3) is 24.3 Å². The lowest BCUT2D eigenvalue weighted by molar-refractivity contribution is 0.0902. The number of hydrogen-bond donors (Lipinski definition) is 0. The van der Waals surface area contributed by atoms with Gasteiger partial charge in [-0.1, -0.05) is 127 Å². The summed E-state index contributed by atoms with van der Waals surface area (Å²) in [5.41, 5.74) is 14.1. The summed E-state index contributed by atoms with van der Waals surface area (Å²) in [6, 6.07) is 40.2. The third-order valence-electron chi connectivity index (χ3n) is 16.9. The Morgan fingerprint density at radius 1 is 0.298 bits per heavy atom. The van der Waals surface area contributed by atoms with Crippen molar-refractivity contribution < 1.29 is 56.8 Å². The molecule has 0 atom stereocenters. The van der Waals surface area contributed by atoms with E-state index < -0.39 is 0 Å². The van der Waals surface area contributed by atoms with Crippen LogP contribution in [0, 0.1) is 0 Å². The summed E-state index contributed by atoms with van der Waals surface area (Å²) >= 11 is 0. The fraction of sp³-hybridized carbons (Fsp3) is 0.222. The first-order chi connectivity index (χ1) is 41.1. The Bertz CT molecular complexity index is 3250. The van der Waals surface area contributed by atoms with Gasteiger partial charge in [0.05, 0.1) is 22.3 Å². The molecule has 0 radical (unpaired) electrons. The molecule has 12 nitrogen and oxygen atoms in total. The Morgan fingerprint density at radius 2 is 0.464 bits per heavy atom. The van der Waals surface area contributed by atoms with Crippen LogP contribution in [-0.2, 0) is 26.4 Å². The largest absolute Gasteiger partial charge is 0.489 e. The molecule has 0 amide bonds. The van der Waals surface area contributed by atoms with Crippen molar-refractivity contribution in [2.24, 2.45) is 0 Å². The van der Waals surface area contributed by atoms with E-state index in [0.717, 1.165) is 66.8 Å². The normalized spacial score (nSPS) is 17.3. The topological polar surface area (TPSA) is 111 Å². The maximum atomic E-state index is 6.91. The maximum absolute atomic E-state index is 6.91. The molecule has 8 aromatic carbocycles. The Morgan fingerprint density at radius 3 is 0.619 bits per heavy atom. The van der Waals surface area contributed by atoms with Gasteiger partial charge < -0.3 is 56.8 Å². The lowest BCUT2D eigenvalue weighted by Gasteiger charge is -2.36. The van der Waals surface area contributed by atoms with Crippen LogP contribution in [0.1, 0.15) is 140 Å². The molecule has 8 aromatic rings. The highest BCUT2D eigenvalue weighted by atomic mass is 16.7. The van der Waals surface area contributed by atoms with Gasteiger partial charge in [-0.25, -0.2) is 0 Å². The molecule has 0 aromatic heterocycles. The number of ether oxygens (including phenoxy) is 12. The van der Waals surface area contributed by atoms with Gasteiger partial charge in [0.1, 0.15) is 95.4 Å². The standard InChI is InChI=1S/C72H64O12/c1-9-45-13-21-49(22-14-45)73-33-61-65-53-29-54-42(6)56-31-58-44(8)60-32-59-43(7)57-30-55(41(53)5)67(79-37-77-65)62(34-74-50-23-15-46(10-2)16-24-50)69(57)81-39-83-71(59)64(36-76-52-27-19-48(12-4)20-28-52)72(60)84-40-82-70(58)63(68(56)80-38-78-66(54)61)35-75-51-25-17-47(11-3)18-26-51/h9-32,41-44H,1-4,33-40H2,5-8H3. The Labute approximate surface area is 489 Å². The van der Waals surface area contributed by atoms with Crippen LogP contribution in [0.5, 0.6) is 69.0 Å². The van der Waals surface area contributed by atoms with Gasteiger partial charge in [0.2, 0.25) is 27.2 Å². The van der Waals surface area contributed by atoms with Crippen LogP contribution in [0.15, 0.2) is 148 Å². The smallest absolute Gasteiger partial charge is 0.230 e. The van der Waals surface area contributed by atoms with Gasteiger partial charge in [-0.15, -0.1) is 0 Å². The number of rotatable bonds is 16. The van der Waals surface area contributed by atoms with E-state index in [1.54, 1.807) is 24.3 Å². The van der Waals surface area contributed by atoms with Crippen molar-refractivity contribution in [2.45, 2.75) is 77.8 Å². The molecule has 8 bridgehead atoms. The zero-order chi connectivity index (χ0) is 57.6. The molecule has 4 heterocycles. The molecule has 4 aliphatic heterocycles. The van der Waals surface area contributed by atoms with E-state index in [2.05, 4.69) is 78.3 Å². The summed E-state index contributed by atoms with van der Waals surface area (Å²) in [5.74, 6) is 6.01. The highest BCUT2D eigenvalue weighted by Crippen LogP contribution is 2.57. The van der Waals surface area contributed by atoms with Gasteiger partial charge in [0.25, 0.3) is 0 Å². The molecule has 0 saturated carbocycles. The average Bonchev–Trinajstić information content (AvgIpc) is 1.58. The van der Waals surface area contributed by atoms with Crippen molar-refractivity contribution in [2.75, 3.05) is 27.2 Å². The lowest BCUT2D eigenvalue weighted by Crippen LogP contribution is -2.25. The predicted octanol–water partition coefficient (Wildman–Crippen LogP) is 16.4. The molecule has 0 spiro atoms. The van der Waals surface area contributed by atoms with Crippen LogP contribution in [0.2, 0.25) is 0 Å². The summed E-state index contributed by atoms with van der Waals surface area (Å²) in [7, 11) is 0. The quantitative estimate of drug-likeness (QED) is 0.0918. The van der Waals surface area contributed by atoms with Crippen molar-refractivity contribution in [1.29, 1.82) is 0 Å². The van der Waals surface area contributed by atoms with Crippen molar-refractivity contribution in [3.63, 3.8) is 0 Å². The molecule has 84 heavy (non-hydrogen) atoms. The van der Waals surface area contributed by atoms with Gasteiger partial charge in [-0.2, -0.15) is 0 Å². The fourth-order valence-electron chi connectivity index (χ4n) is 12.1. The van der Waals surface area contributed by atoms with Gasteiger partial charge in [-0.05, 0) is 95.1 Å². The van der Waals surface area contributed by atoms with Crippen molar-refractivity contribution in [3.8, 4) is 69.0 Å². The molecule has 1 aliphatic carbocycles. The summed E-state index contributed by atoms with van der Waals surface area (Å²) in [5, 5.41) is 0. The SMILES string of the molecule is C=Cc1ccc(OCc2c3c4cc5c2OCOc2c(cc6c(c2COc2ccc(C=C)cc2)OCOc2c(cc7c(c2COc2ccc(C=C)cc2)OCOc2c(cc(c(c2COc2ccc(C=C)cc2)OCO3)C4C)C7C)C6C)C5C)cc1. The summed E-state index contributed by atoms with van der Waals surface area (Å²) in [6.07, 6.45) is 7.23. The Hall–Kier alpha value is -9.68. The van der Waals surface area contributed by atoms with E-state index >= 15 is 0 Å². The van der Waals surface area contributed by atoms with Crippen LogP contribution < -0.4 is 56.8 Å². The van der Waals surface area contributed by atoms with Gasteiger partial charge in [-0.3, -0.25) is 0 Å². The molecule has 0 unspecified atom stereocenters. The number of benzene rings is 8. The Kier molecular flexibility index (Phi) is 14.4. The van der Waals surface area contributed by atoms with E-state index in [1.807, 2.05) is 97.1 Å². The summed E-state index contributed by atoms with van der Waals surface area (Å²) < 4.78 is 82.1. The van der Waals surface area contributed by atoms with Crippen LogP contribution in [0.4, 0.5) is 0 Å². The van der Waals surface area contributed by atoms with Gasteiger partial charge >= 0.3 is 0 Å². The van der Waals surface area contributed by atoms with Crippen molar-refractivity contribution in [1.82, 2.24) is 0 Å². The van der Waals surface area contributed by atoms with Crippen molar-refractivity contribution >= 4 is 24.3 Å². The molecule has 424 valence electrons. The molecule has 13 rings (SSSR count). The monoisotopic (exact) mass is 1120 g/mol. The fourth-order valence-corrected chi connectivity index (χ4v) is 12.1. The minimum atomic E-state index is -0.354. The second-order valence-electron chi connectivity index (χ2n) is 21.5. The zero-order valence-corrected chi connectivity index (χ0v) is 47.6. The first kappa shape index (κ1) is 53.6. The minimum absolute atomic E-state index is 0.0993. The van der Waals surface area contributed by atoms with Crippen LogP contribution in [0.3, 0.4) is 0 Å². The number of hydrogen-bond acceptors (Lipinski definition) is 12. The first-order valence-electron chi connectivity index (χ1n) is 28.3. The van der Waals surface area contributed by atoms with Crippen LogP contribution in [-0.4, -0.2) is 27.2 Å². The second kappa shape index (κ2) is 22.6. The molecule has 0 saturated heterocycles. The highest BCUT2D eigenvalue weighted by Gasteiger charge is 2.40. The van der Waals surface area contributed by atoms with E-state index in [4.69, 9.17) is 56.8 Å². The van der Waals surface area contributed by atoms with E-state index in [-0.39, 0.29) is 77.3 Å². The molecule has 0 N–H and O–H groups in total. The molecular weight excluding hydrogens is 1060 g/mol. The van der Waals surface area contributed by atoms with Gasteiger partial charge in [0, 0.05) is 68.2 Å². The minimum Gasteiger partial charge on any atom is -0.489 e. The first-order valence-corrected chi connectivity index (χ1v) is 28.3. The lowest BCUT2D eigenvalue weighted by atomic mass is 9.78. The Balaban J connectivity index is 1.07. The molecule has 12 heteroatoms. The van der Waals surface area contributed by atoms with Crippen LogP contribution >= 0.6 is 0 Å². The maximum Gasteiger partial charge on any atom is 0.230 e. The molecular formula is C72H64O12. The second-order valence-corrected chi connectivity index (χ2v) is 21.5. The predicted molar refractivity (Wildman–Crippen MR) is 324 cm³/mol. The summed E-state index contributed by atoms with van der Waals surface area (Å²) in [6.45, 7) is 24.3. The van der Waals surface area contributed by atoms with Crippen molar-refractivity contribution in [3.05, 3.63) is 237 Å². The summed E-state index contributed by atoms with van der Waals surface area (Å²) in [4.78, 5) is 0. The van der Waals surface area contributed by atoms with E-state index in [0.29, 0.717) is 91.2 Å². The highest BCUT2D eigenvalue weighted by molar-refractivity contribution is 5.70. The molecule has 0 fully saturated rings. The average molecular weight is 1120 g/mol. The zero-order valence-electron chi connectivity index (χ0n) is 47.6. The third-order valence-corrected chi connectivity index (χ3v) is 16.9. The van der Waals surface area contributed by atoms with E-state index in [9.17, 15) is 0 Å². The third kappa shape index (κ3) is 9.74. The van der Waals surface area contributed by atoms with Gasteiger partial charge in [0.15, 0.2) is 0 Å². The van der Waals surface area contributed by atoms with E-state index in [1.165, 1.54) is 0 Å².